The van der Waals surface area contributed by atoms with Crippen molar-refractivity contribution in [1.82, 2.24) is 0 Å². The van der Waals surface area contributed by atoms with Crippen LogP contribution in [0.1, 0.15) is 50.0 Å². The summed E-state index contributed by atoms with van der Waals surface area (Å²) >= 11 is 1.70. The van der Waals surface area contributed by atoms with Crippen LogP contribution in [0.4, 0.5) is 0 Å². The van der Waals surface area contributed by atoms with E-state index in [1.165, 1.54) is 44.1 Å². The number of thiophene rings is 1. The van der Waals surface area contributed by atoms with Gasteiger partial charge in [-0.2, -0.15) is 16.6 Å². The first-order valence-corrected chi connectivity index (χ1v) is 6.78. The highest BCUT2D eigenvalue weighted by Gasteiger charge is 2.24. The molecule has 0 amide bonds. The molecule has 2 rings (SSSR count). The van der Waals surface area contributed by atoms with Gasteiger partial charge in [0.25, 0.3) is 0 Å². The normalized spacial score (nSPS) is 20.5. The highest BCUT2D eigenvalue weighted by molar-refractivity contribution is 7.08. The average Bonchev–Trinajstić information content (AvgIpc) is 2.63. The molecule has 0 aliphatic heterocycles. The molecule has 15 heavy (non-hydrogen) atoms. The molecule has 0 radical (unpaired) electrons. The van der Waals surface area contributed by atoms with Gasteiger partial charge in [-0.3, -0.25) is 0 Å². The lowest BCUT2D eigenvalue weighted by atomic mass is 9.83. The zero-order chi connectivity index (χ0) is 10.5. The standard InChI is InChI=1S/C13H17NS/c14-9-13(12-7-8-15-10-12)11-5-3-1-2-4-6-11/h7-8,10-11,13H,1-6H2. The van der Waals surface area contributed by atoms with Crippen LogP contribution in [-0.4, -0.2) is 0 Å². The Morgan fingerprint density at radius 3 is 2.53 bits per heavy atom. The summed E-state index contributed by atoms with van der Waals surface area (Å²) in [6.07, 6.45) is 7.83. The average molecular weight is 219 g/mol. The molecule has 1 nitrogen and oxygen atoms in total. The molecule has 1 saturated carbocycles. The highest BCUT2D eigenvalue weighted by Crippen LogP contribution is 2.35. The molecule has 1 unspecified atom stereocenters. The van der Waals surface area contributed by atoms with Crippen molar-refractivity contribution in [3.63, 3.8) is 0 Å². The van der Waals surface area contributed by atoms with Crippen molar-refractivity contribution in [3.05, 3.63) is 22.4 Å². The summed E-state index contributed by atoms with van der Waals surface area (Å²) in [5.41, 5.74) is 1.24. The van der Waals surface area contributed by atoms with Crippen LogP contribution in [0.5, 0.6) is 0 Å². The first-order valence-electron chi connectivity index (χ1n) is 5.83. The molecule has 0 N–H and O–H groups in total. The summed E-state index contributed by atoms with van der Waals surface area (Å²) in [6, 6.07) is 4.62. The van der Waals surface area contributed by atoms with Crippen molar-refractivity contribution in [2.24, 2.45) is 5.92 Å². The molecule has 2 heteroatoms. The van der Waals surface area contributed by atoms with E-state index in [2.05, 4.69) is 22.9 Å². The molecule has 1 aromatic rings. The highest BCUT2D eigenvalue weighted by atomic mass is 32.1. The van der Waals surface area contributed by atoms with Crippen LogP contribution in [0.25, 0.3) is 0 Å². The number of hydrogen-bond acceptors (Lipinski definition) is 2. The van der Waals surface area contributed by atoms with E-state index >= 15 is 0 Å². The van der Waals surface area contributed by atoms with E-state index in [-0.39, 0.29) is 5.92 Å². The Balaban J connectivity index is 2.09. The molecule has 1 atom stereocenters. The Morgan fingerprint density at radius 2 is 2.00 bits per heavy atom. The maximum Gasteiger partial charge on any atom is 0.0748 e. The fourth-order valence-electron chi connectivity index (χ4n) is 2.55. The van der Waals surface area contributed by atoms with E-state index in [0.717, 1.165) is 0 Å². The summed E-state index contributed by atoms with van der Waals surface area (Å²) in [5.74, 6) is 0.751. The van der Waals surface area contributed by atoms with Crippen LogP contribution in [0.2, 0.25) is 0 Å². The number of nitriles is 1. The maximum atomic E-state index is 9.30. The zero-order valence-corrected chi connectivity index (χ0v) is 9.80. The van der Waals surface area contributed by atoms with Gasteiger partial charge in [0.05, 0.1) is 12.0 Å². The third-order valence-electron chi connectivity index (χ3n) is 3.41. The van der Waals surface area contributed by atoms with Gasteiger partial charge < -0.3 is 0 Å². The third-order valence-corrected chi connectivity index (χ3v) is 4.11. The van der Waals surface area contributed by atoms with Gasteiger partial charge in [-0.15, -0.1) is 0 Å². The molecule has 0 spiro atoms. The maximum absolute atomic E-state index is 9.30. The number of nitrogens with zero attached hydrogens (tertiary/aromatic N) is 1. The minimum atomic E-state index is 0.148. The molecule has 80 valence electrons. The minimum absolute atomic E-state index is 0.148. The van der Waals surface area contributed by atoms with E-state index in [1.807, 2.05) is 0 Å². The summed E-state index contributed by atoms with van der Waals surface area (Å²) < 4.78 is 0. The van der Waals surface area contributed by atoms with Crippen LogP contribution < -0.4 is 0 Å². The van der Waals surface area contributed by atoms with Crippen LogP contribution in [0, 0.1) is 17.2 Å². The van der Waals surface area contributed by atoms with Crippen LogP contribution in [0.15, 0.2) is 16.8 Å². The fourth-order valence-corrected chi connectivity index (χ4v) is 3.24. The van der Waals surface area contributed by atoms with E-state index in [1.54, 1.807) is 11.3 Å². The van der Waals surface area contributed by atoms with Crippen LogP contribution >= 0.6 is 11.3 Å². The first-order chi connectivity index (χ1) is 7.42. The van der Waals surface area contributed by atoms with Gasteiger partial charge in [0.2, 0.25) is 0 Å². The smallest absolute Gasteiger partial charge is 0.0748 e. The van der Waals surface area contributed by atoms with Gasteiger partial charge in [0, 0.05) is 0 Å². The molecule has 0 bridgehead atoms. The lowest BCUT2D eigenvalue weighted by Crippen LogP contribution is -2.10. The van der Waals surface area contributed by atoms with Crippen molar-refractivity contribution in [3.8, 4) is 6.07 Å². The van der Waals surface area contributed by atoms with Gasteiger partial charge in [0.1, 0.15) is 0 Å². The molecule has 0 aromatic carbocycles. The minimum Gasteiger partial charge on any atom is -0.198 e. The van der Waals surface area contributed by atoms with Crippen molar-refractivity contribution in [2.45, 2.75) is 44.4 Å². The van der Waals surface area contributed by atoms with Crippen molar-refractivity contribution < 1.29 is 0 Å². The lowest BCUT2D eigenvalue weighted by Gasteiger charge is -2.19. The van der Waals surface area contributed by atoms with Gasteiger partial charge in [-0.25, -0.2) is 0 Å². The Labute approximate surface area is 95.7 Å². The van der Waals surface area contributed by atoms with Gasteiger partial charge in [0.15, 0.2) is 0 Å². The summed E-state index contributed by atoms with van der Waals surface area (Å²) in [4.78, 5) is 0. The van der Waals surface area contributed by atoms with Crippen LogP contribution in [0.3, 0.4) is 0 Å². The topological polar surface area (TPSA) is 23.8 Å². The van der Waals surface area contributed by atoms with Crippen molar-refractivity contribution in [1.29, 1.82) is 5.26 Å². The molecule has 1 fully saturated rings. The largest absolute Gasteiger partial charge is 0.198 e. The Bertz CT molecular complexity index is 315. The molecular weight excluding hydrogens is 202 g/mol. The Hall–Kier alpha value is -0.810. The van der Waals surface area contributed by atoms with E-state index in [4.69, 9.17) is 0 Å². The van der Waals surface area contributed by atoms with Gasteiger partial charge >= 0.3 is 0 Å². The summed E-state index contributed by atoms with van der Waals surface area (Å²) in [5, 5.41) is 13.5. The second-order valence-electron chi connectivity index (χ2n) is 4.42. The third kappa shape index (κ3) is 2.60. The monoisotopic (exact) mass is 219 g/mol. The van der Waals surface area contributed by atoms with Crippen LogP contribution in [-0.2, 0) is 0 Å². The van der Waals surface area contributed by atoms with E-state index in [9.17, 15) is 5.26 Å². The van der Waals surface area contributed by atoms with E-state index < -0.39 is 0 Å². The number of rotatable bonds is 2. The molecule has 1 aromatic heterocycles. The zero-order valence-electron chi connectivity index (χ0n) is 8.98. The molecule has 1 aliphatic rings. The fraction of sp³-hybridized carbons (Fsp3) is 0.615. The second kappa shape index (κ2) is 5.32. The lowest BCUT2D eigenvalue weighted by molar-refractivity contribution is 0.425. The van der Waals surface area contributed by atoms with Crippen molar-refractivity contribution in [2.75, 3.05) is 0 Å². The molecule has 0 saturated heterocycles. The second-order valence-corrected chi connectivity index (χ2v) is 5.20. The quantitative estimate of drug-likeness (QED) is 0.679. The molecule has 1 heterocycles. The Kier molecular flexibility index (Phi) is 3.80. The van der Waals surface area contributed by atoms with Crippen molar-refractivity contribution >= 4 is 11.3 Å². The Morgan fingerprint density at radius 1 is 1.27 bits per heavy atom. The van der Waals surface area contributed by atoms with Gasteiger partial charge in [-0.05, 0) is 41.1 Å². The SMILES string of the molecule is N#CC(c1ccsc1)C1CCCCCC1. The van der Waals surface area contributed by atoms with Gasteiger partial charge in [-0.1, -0.05) is 25.7 Å². The van der Waals surface area contributed by atoms with E-state index in [0.29, 0.717) is 5.92 Å². The predicted molar refractivity (Wildman–Crippen MR) is 63.9 cm³/mol. The number of hydrogen-bond donors (Lipinski definition) is 0. The molecule has 1 aliphatic carbocycles. The predicted octanol–water partition coefficient (Wildman–Crippen LogP) is 4.33. The summed E-state index contributed by atoms with van der Waals surface area (Å²) in [7, 11) is 0. The first kappa shape index (κ1) is 10.7. The molecular formula is C13H17NS. The summed E-state index contributed by atoms with van der Waals surface area (Å²) in [6.45, 7) is 0.